The van der Waals surface area contributed by atoms with Crippen molar-refractivity contribution >= 4 is 17.6 Å². The molecule has 25 heavy (non-hydrogen) atoms. The van der Waals surface area contributed by atoms with Crippen molar-refractivity contribution < 1.29 is 14.3 Å². The number of morpholine rings is 1. The largest absolute Gasteiger partial charge is 0.379 e. The van der Waals surface area contributed by atoms with Gasteiger partial charge in [-0.05, 0) is 31.5 Å². The minimum absolute atomic E-state index is 0.0209. The maximum absolute atomic E-state index is 12.3. The number of aryl methyl sites for hydroxylation is 1. The van der Waals surface area contributed by atoms with Crippen LogP contribution in [0.2, 0.25) is 0 Å². The highest BCUT2D eigenvalue weighted by Gasteiger charge is 2.20. The molecule has 0 bridgehead atoms. The fourth-order valence-corrected chi connectivity index (χ4v) is 2.85. The lowest BCUT2D eigenvalue weighted by molar-refractivity contribution is -0.132. The summed E-state index contributed by atoms with van der Waals surface area (Å²) in [7, 11) is 1.79. The molecule has 7 heteroatoms. The van der Waals surface area contributed by atoms with Gasteiger partial charge in [0, 0.05) is 51.8 Å². The first kappa shape index (κ1) is 19.3. The van der Waals surface area contributed by atoms with E-state index in [-0.39, 0.29) is 30.7 Å². The first-order valence-corrected chi connectivity index (χ1v) is 8.74. The molecule has 1 aliphatic rings. The van der Waals surface area contributed by atoms with Gasteiger partial charge in [-0.25, -0.2) is 4.98 Å². The van der Waals surface area contributed by atoms with E-state index in [1.807, 2.05) is 13.0 Å². The number of ether oxygens (including phenoxy) is 1. The van der Waals surface area contributed by atoms with Gasteiger partial charge in [-0.3, -0.25) is 14.5 Å². The molecule has 1 aromatic rings. The molecule has 2 amide bonds. The van der Waals surface area contributed by atoms with E-state index in [4.69, 9.17) is 4.74 Å². The van der Waals surface area contributed by atoms with Gasteiger partial charge in [-0.15, -0.1) is 0 Å². The Hall–Kier alpha value is -1.99. The average molecular weight is 348 g/mol. The highest BCUT2D eigenvalue weighted by atomic mass is 16.5. The number of carbonyl (C=O) groups excluding carboxylic acids is 2. The van der Waals surface area contributed by atoms with Crippen LogP contribution >= 0.6 is 0 Å². The van der Waals surface area contributed by atoms with Gasteiger partial charge < -0.3 is 15.0 Å². The number of hydrogen-bond donors (Lipinski definition) is 1. The number of likely N-dealkylation sites (N-methyl/N-ethyl adjacent to an activating group) is 1. The molecule has 0 spiro atoms. The van der Waals surface area contributed by atoms with Crippen LogP contribution in [0.3, 0.4) is 0 Å². The Kier molecular flexibility index (Phi) is 7.33. The predicted molar refractivity (Wildman–Crippen MR) is 96.3 cm³/mol. The zero-order valence-electron chi connectivity index (χ0n) is 15.3. The van der Waals surface area contributed by atoms with Crippen LogP contribution in [0, 0.1) is 6.92 Å². The molecular formula is C18H28N4O3. The van der Waals surface area contributed by atoms with Gasteiger partial charge in [-0.1, -0.05) is 0 Å². The molecule has 2 rings (SSSR count). The fraction of sp³-hybridized carbons (Fsp3) is 0.611. The summed E-state index contributed by atoms with van der Waals surface area (Å²) in [5.74, 6) is 0.306. The second-order valence-electron chi connectivity index (χ2n) is 6.54. The number of aromatic nitrogens is 1. The van der Waals surface area contributed by atoms with Crippen molar-refractivity contribution in [2.75, 3.05) is 45.2 Å². The lowest BCUT2D eigenvalue weighted by Crippen LogP contribution is -2.47. The molecule has 0 saturated carbocycles. The van der Waals surface area contributed by atoms with E-state index >= 15 is 0 Å². The summed E-state index contributed by atoms with van der Waals surface area (Å²) < 4.78 is 5.35. The molecule has 1 unspecified atom stereocenters. The number of amides is 2. The van der Waals surface area contributed by atoms with E-state index in [1.54, 1.807) is 24.2 Å². The molecule has 1 aromatic heterocycles. The van der Waals surface area contributed by atoms with E-state index in [1.165, 1.54) is 0 Å². The van der Waals surface area contributed by atoms with E-state index in [0.29, 0.717) is 12.4 Å². The first-order chi connectivity index (χ1) is 12.0. The number of nitrogens with one attached hydrogen (secondary N) is 1. The number of carbonyl (C=O) groups is 2. The molecular weight excluding hydrogens is 320 g/mol. The minimum atomic E-state index is -0.193. The molecule has 2 heterocycles. The fourth-order valence-electron chi connectivity index (χ4n) is 2.85. The third-order valence-electron chi connectivity index (χ3n) is 4.38. The zero-order valence-corrected chi connectivity index (χ0v) is 15.3. The van der Waals surface area contributed by atoms with Gasteiger partial charge in [0.05, 0.1) is 13.2 Å². The highest BCUT2D eigenvalue weighted by Crippen LogP contribution is 2.08. The van der Waals surface area contributed by atoms with Crippen LogP contribution in [0.1, 0.15) is 25.3 Å². The summed E-state index contributed by atoms with van der Waals surface area (Å²) in [5.41, 5.74) is 1.03. The number of pyridine rings is 1. The minimum Gasteiger partial charge on any atom is -0.379 e. The van der Waals surface area contributed by atoms with Crippen molar-refractivity contribution in [1.82, 2.24) is 14.8 Å². The highest BCUT2D eigenvalue weighted by molar-refractivity contribution is 5.92. The third kappa shape index (κ3) is 6.43. The number of nitrogens with zero attached hydrogens (tertiary/aromatic N) is 3. The summed E-state index contributed by atoms with van der Waals surface area (Å²) in [6, 6.07) is 3.95. The monoisotopic (exact) mass is 348 g/mol. The number of anilines is 1. The molecule has 1 saturated heterocycles. The van der Waals surface area contributed by atoms with Crippen LogP contribution < -0.4 is 5.32 Å². The molecule has 138 valence electrons. The molecule has 1 atom stereocenters. The molecule has 0 radical (unpaired) electrons. The maximum atomic E-state index is 12.3. The van der Waals surface area contributed by atoms with Gasteiger partial charge in [0.15, 0.2) is 0 Å². The van der Waals surface area contributed by atoms with E-state index in [9.17, 15) is 9.59 Å². The van der Waals surface area contributed by atoms with Crippen molar-refractivity contribution in [3.63, 3.8) is 0 Å². The maximum Gasteiger partial charge on any atom is 0.226 e. The summed E-state index contributed by atoms with van der Waals surface area (Å²) in [6.45, 7) is 7.99. The summed E-state index contributed by atoms with van der Waals surface area (Å²) >= 11 is 0. The molecule has 0 aromatic carbocycles. The second kappa shape index (κ2) is 9.48. The predicted octanol–water partition coefficient (Wildman–Crippen LogP) is 1.29. The molecule has 1 fully saturated rings. The Morgan fingerprint density at radius 2 is 2.08 bits per heavy atom. The van der Waals surface area contributed by atoms with Gasteiger partial charge in [0.2, 0.25) is 11.8 Å². The molecule has 1 aliphatic heterocycles. The first-order valence-electron chi connectivity index (χ1n) is 8.74. The zero-order chi connectivity index (χ0) is 18.2. The average Bonchev–Trinajstić information content (AvgIpc) is 2.60. The van der Waals surface area contributed by atoms with E-state index in [0.717, 1.165) is 31.9 Å². The normalized spacial score (nSPS) is 16.3. The van der Waals surface area contributed by atoms with Crippen LogP contribution in [0.4, 0.5) is 5.82 Å². The topological polar surface area (TPSA) is 74.8 Å². The summed E-state index contributed by atoms with van der Waals surface area (Å²) in [4.78, 5) is 32.4. The van der Waals surface area contributed by atoms with E-state index in [2.05, 4.69) is 22.1 Å². The SMILES string of the molecule is Cc1ccnc(NC(=O)CCC(=O)N(C)CC(C)N2CCOCC2)c1. The standard InChI is InChI=1S/C18H28N4O3/c1-14-6-7-19-16(12-14)20-17(23)4-5-18(24)21(3)13-15(2)22-8-10-25-11-9-22/h6-7,12,15H,4-5,8-11,13H2,1-3H3,(H,19,20,23). The van der Waals surface area contributed by atoms with Crippen molar-refractivity contribution in [3.05, 3.63) is 23.9 Å². The molecule has 0 aliphatic carbocycles. The Bertz CT molecular complexity index is 587. The second-order valence-corrected chi connectivity index (χ2v) is 6.54. The van der Waals surface area contributed by atoms with Gasteiger partial charge in [-0.2, -0.15) is 0 Å². The van der Waals surface area contributed by atoms with Gasteiger partial charge in [0.25, 0.3) is 0 Å². The molecule has 1 N–H and O–H groups in total. The van der Waals surface area contributed by atoms with Crippen molar-refractivity contribution in [2.24, 2.45) is 0 Å². The van der Waals surface area contributed by atoms with Crippen molar-refractivity contribution in [3.8, 4) is 0 Å². The third-order valence-corrected chi connectivity index (χ3v) is 4.38. The summed E-state index contributed by atoms with van der Waals surface area (Å²) in [5, 5.41) is 2.73. The van der Waals surface area contributed by atoms with E-state index < -0.39 is 0 Å². The lowest BCUT2D eigenvalue weighted by Gasteiger charge is -2.34. The molecule has 7 nitrogen and oxygen atoms in total. The number of rotatable bonds is 7. The van der Waals surface area contributed by atoms with Crippen LogP contribution in [0.5, 0.6) is 0 Å². The van der Waals surface area contributed by atoms with Crippen molar-refractivity contribution in [1.29, 1.82) is 0 Å². The quantitative estimate of drug-likeness (QED) is 0.804. The van der Waals surface area contributed by atoms with Gasteiger partial charge >= 0.3 is 0 Å². The lowest BCUT2D eigenvalue weighted by atomic mass is 10.2. The number of hydrogen-bond acceptors (Lipinski definition) is 5. The van der Waals surface area contributed by atoms with Crippen LogP contribution in [-0.2, 0) is 14.3 Å². The Morgan fingerprint density at radius 1 is 1.36 bits per heavy atom. The van der Waals surface area contributed by atoms with Crippen molar-refractivity contribution in [2.45, 2.75) is 32.7 Å². The van der Waals surface area contributed by atoms with Crippen LogP contribution in [0.25, 0.3) is 0 Å². The van der Waals surface area contributed by atoms with Crippen LogP contribution in [0.15, 0.2) is 18.3 Å². The van der Waals surface area contributed by atoms with Gasteiger partial charge in [0.1, 0.15) is 5.82 Å². The van der Waals surface area contributed by atoms with Crippen LogP contribution in [-0.4, -0.2) is 72.5 Å². The summed E-state index contributed by atoms with van der Waals surface area (Å²) in [6.07, 6.45) is 2.01. The Balaban J connectivity index is 1.72. The Morgan fingerprint density at radius 3 is 2.76 bits per heavy atom. The Labute approximate surface area is 149 Å². The smallest absolute Gasteiger partial charge is 0.226 e.